The number of carbonyl (C=O) groups is 1. The maximum Gasteiger partial charge on any atom is 0.251 e. The summed E-state index contributed by atoms with van der Waals surface area (Å²) in [6.07, 6.45) is 5.54. The first-order valence-electron chi connectivity index (χ1n) is 8.68. The number of hydrogen-bond donors (Lipinski definition) is 1. The van der Waals surface area contributed by atoms with Crippen molar-refractivity contribution in [3.63, 3.8) is 0 Å². The average Bonchev–Trinajstić information content (AvgIpc) is 3.07. The number of hydrogen-bond acceptors (Lipinski definition) is 6. The third-order valence-corrected chi connectivity index (χ3v) is 4.69. The maximum atomic E-state index is 12.3. The Balaban J connectivity index is 1.66. The van der Waals surface area contributed by atoms with Gasteiger partial charge in [0.1, 0.15) is 5.69 Å². The molecular formula is C18H19N5O5S. The number of nitrogens with zero attached hydrogens (tertiary/aromatic N) is 4. The van der Waals surface area contributed by atoms with E-state index in [1.807, 2.05) is 4.72 Å². The van der Waals surface area contributed by atoms with E-state index in [0.29, 0.717) is 22.5 Å². The van der Waals surface area contributed by atoms with Crippen LogP contribution in [-0.2, 0) is 21.4 Å². The van der Waals surface area contributed by atoms with Crippen LogP contribution in [0.5, 0.6) is 0 Å². The molecule has 0 saturated heterocycles. The van der Waals surface area contributed by atoms with Gasteiger partial charge in [0.2, 0.25) is 22.1 Å². The lowest BCUT2D eigenvalue weighted by atomic mass is 10.1. The fourth-order valence-electron chi connectivity index (χ4n) is 2.77. The minimum absolute atomic E-state index is 0.00410. The van der Waals surface area contributed by atoms with Crippen LogP contribution in [0.15, 0.2) is 59.8 Å². The molecule has 0 unspecified atom stereocenters. The highest BCUT2D eigenvalue weighted by Gasteiger charge is 2.09. The van der Waals surface area contributed by atoms with Gasteiger partial charge in [-0.05, 0) is 40.5 Å². The monoisotopic (exact) mass is 417 g/mol. The lowest BCUT2D eigenvalue weighted by Crippen LogP contribution is -2.36. The van der Waals surface area contributed by atoms with E-state index in [9.17, 15) is 23.2 Å². The van der Waals surface area contributed by atoms with E-state index in [0.717, 1.165) is 11.8 Å². The molecule has 0 radical (unpaired) electrons. The molecule has 29 heavy (non-hydrogen) atoms. The Morgan fingerprint density at radius 1 is 1.21 bits per heavy atom. The van der Waals surface area contributed by atoms with Gasteiger partial charge < -0.3 is 9.77 Å². The molecule has 0 saturated carbocycles. The van der Waals surface area contributed by atoms with Crippen molar-refractivity contribution in [1.82, 2.24) is 19.2 Å². The highest BCUT2D eigenvalue weighted by Crippen LogP contribution is 2.19. The van der Waals surface area contributed by atoms with Gasteiger partial charge in [0, 0.05) is 30.3 Å². The zero-order valence-electron chi connectivity index (χ0n) is 15.6. The molecule has 3 rings (SSSR count). The highest BCUT2D eigenvalue weighted by molar-refractivity contribution is 7.89. The maximum absolute atomic E-state index is 12.3. The second kappa shape index (κ2) is 8.27. The number of pyridine rings is 1. The summed E-state index contributed by atoms with van der Waals surface area (Å²) in [5.41, 5.74) is 1.87. The summed E-state index contributed by atoms with van der Waals surface area (Å²) in [5.74, 6) is -0.603. The molecule has 152 valence electrons. The van der Waals surface area contributed by atoms with E-state index < -0.39 is 15.9 Å². The van der Waals surface area contributed by atoms with Gasteiger partial charge in [0.15, 0.2) is 6.20 Å². The third kappa shape index (κ3) is 5.29. The van der Waals surface area contributed by atoms with Crippen molar-refractivity contribution in [2.24, 2.45) is 0 Å². The number of sulfonamides is 1. The number of rotatable bonds is 7. The van der Waals surface area contributed by atoms with Gasteiger partial charge in [-0.2, -0.15) is 4.85 Å². The van der Waals surface area contributed by atoms with Crippen LogP contribution in [0.2, 0.25) is 0 Å². The number of amides is 1. The molecule has 1 aromatic carbocycles. The van der Waals surface area contributed by atoms with Crippen LogP contribution in [0.4, 0.5) is 0 Å². The van der Waals surface area contributed by atoms with Crippen LogP contribution in [0, 0.1) is 5.21 Å². The van der Waals surface area contributed by atoms with E-state index in [4.69, 9.17) is 0 Å². The predicted octanol–water partition coefficient (Wildman–Crippen LogP) is 0.190. The van der Waals surface area contributed by atoms with Crippen molar-refractivity contribution < 1.29 is 18.1 Å². The number of aromatic nitrogens is 4. The first kappa shape index (κ1) is 20.3. The van der Waals surface area contributed by atoms with Crippen molar-refractivity contribution in [2.45, 2.75) is 19.4 Å². The number of benzene rings is 1. The summed E-state index contributed by atoms with van der Waals surface area (Å²) in [5, 5.41) is 15.5. The van der Waals surface area contributed by atoms with E-state index in [1.165, 1.54) is 27.8 Å². The smallest absolute Gasteiger partial charge is 0.251 e. The average molecular weight is 417 g/mol. The molecule has 2 aromatic heterocycles. The normalized spacial score (nSPS) is 11.3. The lowest BCUT2D eigenvalue weighted by Gasteiger charge is -2.08. The molecule has 0 bridgehead atoms. The van der Waals surface area contributed by atoms with E-state index >= 15 is 0 Å². The molecule has 0 aliphatic rings. The van der Waals surface area contributed by atoms with Crippen LogP contribution in [-0.4, -0.2) is 35.0 Å². The second-order valence-electron chi connectivity index (χ2n) is 6.40. The fraction of sp³-hybridized carbons (Fsp3) is 0.222. The summed E-state index contributed by atoms with van der Waals surface area (Å²) >= 11 is 0. The molecule has 10 nitrogen and oxygen atoms in total. The minimum Gasteiger partial charge on any atom is -0.692 e. The number of aryl methyl sites for hydroxylation is 1. The molecule has 2 heterocycles. The van der Waals surface area contributed by atoms with E-state index in [2.05, 4.69) is 5.10 Å². The molecule has 0 aliphatic heterocycles. The summed E-state index contributed by atoms with van der Waals surface area (Å²) in [6, 6.07) is 10.3. The van der Waals surface area contributed by atoms with E-state index in [-0.39, 0.29) is 18.5 Å². The van der Waals surface area contributed by atoms with Crippen molar-refractivity contribution in [3.05, 3.63) is 70.5 Å². The molecule has 1 N–H and O–H groups in total. The predicted molar refractivity (Wildman–Crippen MR) is 104 cm³/mol. The minimum atomic E-state index is -3.57. The number of carbonyl (C=O) groups excluding carboxylic acids is 1. The SMILES string of the molecule is CS(=O)(=O)NC(=O)CCCn1ccc(-c2ccc(-n3ncc[n+]3[O-])cc2)cc1=O. The van der Waals surface area contributed by atoms with Crippen LogP contribution >= 0.6 is 0 Å². The Kier molecular flexibility index (Phi) is 5.78. The van der Waals surface area contributed by atoms with Gasteiger partial charge in [0.25, 0.3) is 5.56 Å². The van der Waals surface area contributed by atoms with Crippen molar-refractivity contribution in [3.8, 4) is 16.8 Å². The van der Waals surface area contributed by atoms with Gasteiger partial charge in [-0.25, -0.2) is 8.42 Å². The quantitative estimate of drug-likeness (QED) is 0.431. The van der Waals surface area contributed by atoms with Crippen LogP contribution in [0.25, 0.3) is 16.8 Å². The van der Waals surface area contributed by atoms with Crippen LogP contribution < -0.4 is 15.1 Å². The number of nitrogens with one attached hydrogen (secondary N) is 1. The largest absolute Gasteiger partial charge is 0.692 e. The summed E-state index contributed by atoms with van der Waals surface area (Å²) in [7, 11) is -3.57. The lowest BCUT2D eigenvalue weighted by molar-refractivity contribution is -0.688. The van der Waals surface area contributed by atoms with Gasteiger partial charge in [0.05, 0.1) is 6.26 Å². The summed E-state index contributed by atoms with van der Waals surface area (Å²) < 4.78 is 25.3. The molecule has 0 aliphatic carbocycles. The Bertz CT molecular complexity index is 1180. The van der Waals surface area contributed by atoms with Crippen molar-refractivity contribution in [1.29, 1.82) is 0 Å². The van der Waals surface area contributed by atoms with Crippen molar-refractivity contribution >= 4 is 15.9 Å². The molecule has 11 heteroatoms. The molecule has 0 fully saturated rings. The molecule has 0 atom stereocenters. The Hall–Kier alpha value is -3.47. The molecular weight excluding hydrogens is 398 g/mol. The zero-order chi connectivity index (χ0) is 21.0. The fourth-order valence-corrected chi connectivity index (χ4v) is 3.29. The van der Waals surface area contributed by atoms with Gasteiger partial charge in [-0.3, -0.25) is 14.3 Å². The van der Waals surface area contributed by atoms with Crippen molar-refractivity contribution in [2.75, 3.05) is 6.26 Å². The first-order valence-corrected chi connectivity index (χ1v) is 10.6. The standard InChI is InChI=1S/C18H19N5O5S/c1-29(27,28)20-17(24)3-2-10-21-11-8-15(13-18(21)25)14-4-6-16(7-5-14)23-19-9-12-22(23)26/h4-9,11-13H,2-3,10H2,1H3,(H,20,24). The molecule has 0 spiro atoms. The molecule has 3 aromatic rings. The Morgan fingerprint density at radius 3 is 2.52 bits per heavy atom. The summed E-state index contributed by atoms with van der Waals surface area (Å²) in [6.45, 7) is 0.290. The highest BCUT2D eigenvalue weighted by atomic mass is 32.2. The van der Waals surface area contributed by atoms with Gasteiger partial charge in [-0.15, -0.1) is 0 Å². The Labute approximate surface area is 166 Å². The zero-order valence-corrected chi connectivity index (χ0v) is 16.4. The van der Waals surface area contributed by atoms with E-state index in [1.54, 1.807) is 36.5 Å². The van der Waals surface area contributed by atoms with Gasteiger partial charge in [-0.1, -0.05) is 12.1 Å². The van der Waals surface area contributed by atoms with Crippen LogP contribution in [0.3, 0.4) is 0 Å². The third-order valence-electron chi connectivity index (χ3n) is 4.09. The second-order valence-corrected chi connectivity index (χ2v) is 8.15. The first-order chi connectivity index (χ1) is 13.7. The Morgan fingerprint density at radius 2 is 1.93 bits per heavy atom. The molecule has 1 amide bonds. The topological polar surface area (TPSA) is 130 Å². The van der Waals surface area contributed by atoms with Crippen LogP contribution in [0.1, 0.15) is 12.8 Å². The summed E-state index contributed by atoms with van der Waals surface area (Å²) in [4.78, 5) is 25.6. The van der Waals surface area contributed by atoms with Gasteiger partial charge >= 0.3 is 0 Å².